The summed E-state index contributed by atoms with van der Waals surface area (Å²) < 4.78 is 10.7. The number of ether oxygens (including phenoxy) is 2. The van der Waals surface area contributed by atoms with Gasteiger partial charge in [-0.15, -0.1) is 0 Å². The number of benzene rings is 3. The van der Waals surface area contributed by atoms with Crippen molar-refractivity contribution in [3.05, 3.63) is 77.3 Å². The standard InChI is InChI=1S/C19H15ClO3/c20-17-7-3-4-14(10-17)12-23-19(21)13-22-18-9-8-15-5-1-2-6-16(15)11-18/h1-11H,12-13H2. The van der Waals surface area contributed by atoms with Crippen molar-refractivity contribution in [2.45, 2.75) is 6.61 Å². The molecule has 0 heterocycles. The topological polar surface area (TPSA) is 35.5 Å². The average molecular weight is 327 g/mol. The molecule has 0 aliphatic rings. The molecule has 3 aromatic rings. The second-order valence-corrected chi connectivity index (χ2v) is 5.52. The predicted molar refractivity (Wildman–Crippen MR) is 90.7 cm³/mol. The monoisotopic (exact) mass is 326 g/mol. The minimum absolute atomic E-state index is 0.126. The Morgan fingerprint density at radius 1 is 0.913 bits per heavy atom. The molecule has 0 fully saturated rings. The molecule has 3 nitrogen and oxygen atoms in total. The van der Waals surface area contributed by atoms with E-state index in [0.29, 0.717) is 10.8 Å². The zero-order chi connectivity index (χ0) is 16.1. The zero-order valence-corrected chi connectivity index (χ0v) is 13.1. The molecule has 0 radical (unpaired) electrons. The maximum atomic E-state index is 11.8. The number of halogens is 1. The largest absolute Gasteiger partial charge is 0.482 e. The zero-order valence-electron chi connectivity index (χ0n) is 12.4. The molecule has 116 valence electrons. The van der Waals surface area contributed by atoms with Crippen LogP contribution < -0.4 is 4.74 Å². The van der Waals surface area contributed by atoms with Crippen LogP contribution in [0.15, 0.2) is 66.7 Å². The van der Waals surface area contributed by atoms with Gasteiger partial charge in [0.05, 0.1) is 0 Å². The van der Waals surface area contributed by atoms with Gasteiger partial charge in [-0.3, -0.25) is 0 Å². The van der Waals surface area contributed by atoms with Crippen LogP contribution in [0.2, 0.25) is 5.02 Å². The molecule has 0 amide bonds. The third-order valence-electron chi connectivity index (χ3n) is 3.37. The van der Waals surface area contributed by atoms with Crippen molar-refractivity contribution in [3.8, 4) is 5.75 Å². The van der Waals surface area contributed by atoms with Crippen LogP contribution >= 0.6 is 11.6 Å². The molecule has 3 aromatic carbocycles. The number of hydrogen-bond acceptors (Lipinski definition) is 3. The Kier molecular flexibility index (Phi) is 4.79. The lowest BCUT2D eigenvalue weighted by Crippen LogP contribution is -2.14. The van der Waals surface area contributed by atoms with Crippen molar-refractivity contribution >= 4 is 28.3 Å². The Hall–Kier alpha value is -2.52. The third-order valence-corrected chi connectivity index (χ3v) is 3.60. The maximum absolute atomic E-state index is 11.8. The molecule has 0 bridgehead atoms. The van der Waals surface area contributed by atoms with E-state index in [2.05, 4.69) is 0 Å². The first-order chi connectivity index (χ1) is 11.2. The summed E-state index contributed by atoms with van der Waals surface area (Å²) >= 11 is 5.88. The maximum Gasteiger partial charge on any atom is 0.344 e. The summed E-state index contributed by atoms with van der Waals surface area (Å²) in [5, 5.41) is 2.81. The van der Waals surface area contributed by atoms with E-state index < -0.39 is 5.97 Å². The highest BCUT2D eigenvalue weighted by atomic mass is 35.5. The van der Waals surface area contributed by atoms with Crippen LogP contribution in [0.3, 0.4) is 0 Å². The minimum Gasteiger partial charge on any atom is -0.482 e. The van der Waals surface area contributed by atoms with Crippen molar-refractivity contribution < 1.29 is 14.3 Å². The lowest BCUT2D eigenvalue weighted by molar-refractivity contribution is -0.147. The highest BCUT2D eigenvalue weighted by molar-refractivity contribution is 6.30. The highest BCUT2D eigenvalue weighted by Crippen LogP contribution is 2.20. The fourth-order valence-corrected chi connectivity index (χ4v) is 2.44. The first-order valence-electron chi connectivity index (χ1n) is 7.22. The second kappa shape index (κ2) is 7.16. The first-order valence-corrected chi connectivity index (χ1v) is 7.60. The van der Waals surface area contributed by atoms with Crippen LogP contribution in [0.1, 0.15) is 5.56 Å². The van der Waals surface area contributed by atoms with Gasteiger partial charge >= 0.3 is 5.97 Å². The summed E-state index contributed by atoms with van der Waals surface area (Å²) in [7, 11) is 0. The molecular formula is C19H15ClO3. The first kappa shape index (κ1) is 15.4. The highest BCUT2D eigenvalue weighted by Gasteiger charge is 2.06. The van der Waals surface area contributed by atoms with Gasteiger partial charge in [-0.2, -0.15) is 0 Å². The Morgan fingerprint density at radius 3 is 2.57 bits per heavy atom. The fourth-order valence-electron chi connectivity index (χ4n) is 2.23. The quantitative estimate of drug-likeness (QED) is 0.642. The summed E-state index contributed by atoms with van der Waals surface area (Å²) in [5.74, 6) is 0.224. The van der Waals surface area contributed by atoms with Crippen LogP contribution in [0.5, 0.6) is 5.75 Å². The van der Waals surface area contributed by atoms with E-state index >= 15 is 0 Å². The SMILES string of the molecule is O=C(COc1ccc2ccccc2c1)OCc1cccc(Cl)c1. The van der Waals surface area contributed by atoms with E-state index in [4.69, 9.17) is 21.1 Å². The molecule has 0 unspecified atom stereocenters. The van der Waals surface area contributed by atoms with Crippen LogP contribution in [0, 0.1) is 0 Å². The summed E-state index contributed by atoms with van der Waals surface area (Å²) in [4.78, 5) is 11.8. The van der Waals surface area contributed by atoms with Gasteiger partial charge < -0.3 is 9.47 Å². The number of fused-ring (bicyclic) bond motifs is 1. The molecule has 0 aliphatic carbocycles. The van der Waals surface area contributed by atoms with Crippen molar-refractivity contribution in [3.63, 3.8) is 0 Å². The third kappa shape index (κ3) is 4.24. The van der Waals surface area contributed by atoms with Crippen LogP contribution in [-0.2, 0) is 16.1 Å². The summed E-state index contributed by atoms with van der Waals surface area (Å²) in [6.45, 7) is 0.0549. The molecular weight excluding hydrogens is 312 g/mol. The number of esters is 1. The number of rotatable bonds is 5. The molecule has 0 aliphatic heterocycles. The van der Waals surface area contributed by atoms with Gasteiger partial charge in [0.25, 0.3) is 0 Å². The van der Waals surface area contributed by atoms with E-state index in [9.17, 15) is 4.79 Å². The lowest BCUT2D eigenvalue weighted by atomic mass is 10.1. The Bertz CT molecular complexity index is 829. The van der Waals surface area contributed by atoms with Gasteiger partial charge in [-0.1, -0.05) is 54.1 Å². The number of hydrogen-bond donors (Lipinski definition) is 0. The van der Waals surface area contributed by atoms with E-state index in [1.165, 1.54) is 0 Å². The fraction of sp³-hybridized carbons (Fsp3) is 0.105. The van der Waals surface area contributed by atoms with Crippen molar-refractivity contribution in [2.24, 2.45) is 0 Å². The Morgan fingerprint density at radius 2 is 1.74 bits per heavy atom. The Labute approximate surface area is 139 Å². The number of carbonyl (C=O) groups excluding carboxylic acids is 1. The number of carbonyl (C=O) groups is 1. The molecule has 0 N–H and O–H groups in total. The molecule has 0 saturated carbocycles. The normalized spacial score (nSPS) is 10.5. The molecule has 0 saturated heterocycles. The molecule has 23 heavy (non-hydrogen) atoms. The van der Waals surface area contributed by atoms with Gasteiger partial charge in [0, 0.05) is 5.02 Å². The molecule has 0 aromatic heterocycles. The van der Waals surface area contributed by atoms with Crippen LogP contribution in [0.4, 0.5) is 0 Å². The van der Waals surface area contributed by atoms with E-state index in [1.54, 1.807) is 12.1 Å². The van der Waals surface area contributed by atoms with E-state index in [1.807, 2.05) is 54.6 Å². The van der Waals surface area contributed by atoms with Crippen molar-refractivity contribution in [1.82, 2.24) is 0 Å². The van der Waals surface area contributed by atoms with Gasteiger partial charge in [-0.25, -0.2) is 4.79 Å². The van der Waals surface area contributed by atoms with Gasteiger partial charge in [-0.05, 0) is 40.6 Å². The summed E-state index contributed by atoms with van der Waals surface area (Å²) in [5.41, 5.74) is 0.844. The van der Waals surface area contributed by atoms with E-state index in [-0.39, 0.29) is 13.2 Å². The summed E-state index contributed by atoms with van der Waals surface area (Å²) in [6, 6.07) is 20.9. The molecule has 0 atom stereocenters. The second-order valence-electron chi connectivity index (χ2n) is 5.09. The molecule has 0 spiro atoms. The van der Waals surface area contributed by atoms with Gasteiger partial charge in [0.2, 0.25) is 0 Å². The molecule has 3 rings (SSSR count). The van der Waals surface area contributed by atoms with Crippen molar-refractivity contribution in [2.75, 3.05) is 6.61 Å². The van der Waals surface area contributed by atoms with Crippen LogP contribution in [-0.4, -0.2) is 12.6 Å². The summed E-state index contributed by atoms with van der Waals surface area (Å²) in [6.07, 6.45) is 0. The molecule has 4 heteroatoms. The van der Waals surface area contributed by atoms with Gasteiger partial charge in [0.15, 0.2) is 6.61 Å². The average Bonchev–Trinajstić information content (AvgIpc) is 2.58. The van der Waals surface area contributed by atoms with Gasteiger partial charge in [0.1, 0.15) is 12.4 Å². The minimum atomic E-state index is -0.418. The predicted octanol–water partition coefficient (Wildman–Crippen LogP) is 4.62. The van der Waals surface area contributed by atoms with E-state index in [0.717, 1.165) is 16.3 Å². The van der Waals surface area contributed by atoms with Crippen LogP contribution in [0.25, 0.3) is 10.8 Å². The lowest BCUT2D eigenvalue weighted by Gasteiger charge is -2.08. The van der Waals surface area contributed by atoms with Crippen molar-refractivity contribution in [1.29, 1.82) is 0 Å². The Balaban J connectivity index is 1.53. The smallest absolute Gasteiger partial charge is 0.344 e.